The molecule has 3 heteroatoms. The minimum atomic E-state index is -0.245. The molecule has 0 aromatic carbocycles. The molecule has 1 aromatic heterocycles. The summed E-state index contributed by atoms with van der Waals surface area (Å²) in [6.45, 7) is 1.84. The van der Waals surface area contributed by atoms with Gasteiger partial charge in [-0.2, -0.15) is 0 Å². The van der Waals surface area contributed by atoms with Crippen molar-refractivity contribution < 1.29 is 4.79 Å². The summed E-state index contributed by atoms with van der Waals surface area (Å²) < 4.78 is 1.40. The van der Waals surface area contributed by atoms with Gasteiger partial charge in [-0.25, -0.2) is 0 Å². The van der Waals surface area contributed by atoms with Crippen molar-refractivity contribution in [2.24, 2.45) is 7.05 Å². The number of aldehydes is 1. The number of pyridine rings is 1. The Balaban J connectivity index is 3.48. The molecule has 0 saturated carbocycles. The molecule has 1 rings (SSSR count). The summed E-state index contributed by atoms with van der Waals surface area (Å²) in [5, 5.41) is 0. The summed E-state index contributed by atoms with van der Waals surface area (Å²) in [5.74, 6) is 0. The van der Waals surface area contributed by atoms with Crippen LogP contribution in [0, 0.1) is 6.92 Å². The second kappa shape index (κ2) is 2.70. The molecule has 0 radical (unpaired) electrons. The number of carbonyl (C=O) groups excluding carboxylic acids is 1. The van der Waals surface area contributed by atoms with Crippen LogP contribution < -0.4 is 5.56 Å². The SMILES string of the molecule is Cc1cc(C=O)c(=O)n(C)c1. The molecular weight excluding hydrogens is 142 g/mol. The van der Waals surface area contributed by atoms with Crippen molar-refractivity contribution in [3.63, 3.8) is 0 Å². The van der Waals surface area contributed by atoms with Gasteiger partial charge in [0.1, 0.15) is 0 Å². The topological polar surface area (TPSA) is 39.1 Å². The van der Waals surface area contributed by atoms with E-state index in [0.29, 0.717) is 6.29 Å². The van der Waals surface area contributed by atoms with Crippen LogP contribution in [0.5, 0.6) is 0 Å². The van der Waals surface area contributed by atoms with Gasteiger partial charge >= 0.3 is 0 Å². The summed E-state index contributed by atoms with van der Waals surface area (Å²) in [6, 6.07) is 1.58. The molecule has 0 N–H and O–H groups in total. The molecule has 0 bridgehead atoms. The average Bonchev–Trinajstić information content (AvgIpc) is 1.96. The highest BCUT2D eigenvalue weighted by atomic mass is 16.1. The van der Waals surface area contributed by atoms with Gasteiger partial charge in [0.05, 0.1) is 5.56 Å². The van der Waals surface area contributed by atoms with Gasteiger partial charge in [-0.05, 0) is 18.6 Å². The molecule has 0 aliphatic heterocycles. The van der Waals surface area contributed by atoms with Crippen LogP contribution in [0.1, 0.15) is 15.9 Å². The largest absolute Gasteiger partial charge is 0.318 e. The summed E-state index contributed by atoms with van der Waals surface area (Å²) in [4.78, 5) is 21.4. The Bertz CT molecular complexity index is 338. The van der Waals surface area contributed by atoms with Crippen molar-refractivity contribution in [2.45, 2.75) is 6.92 Å². The standard InChI is InChI=1S/C8H9NO2/c1-6-3-7(5-10)8(11)9(2)4-6/h3-5H,1-2H3. The zero-order valence-electron chi connectivity index (χ0n) is 6.50. The minimum Gasteiger partial charge on any atom is -0.318 e. The van der Waals surface area contributed by atoms with E-state index in [9.17, 15) is 9.59 Å². The summed E-state index contributed by atoms with van der Waals surface area (Å²) in [6.07, 6.45) is 2.27. The van der Waals surface area contributed by atoms with Crippen LogP contribution >= 0.6 is 0 Å². The number of aromatic nitrogens is 1. The Morgan fingerprint density at radius 3 is 2.73 bits per heavy atom. The van der Waals surface area contributed by atoms with Gasteiger partial charge in [0.2, 0.25) is 0 Å². The van der Waals surface area contributed by atoms with Crippen molar-refractivity contribution in [3.05, 3.63) is 33.7 Å². The third-order valence-corrected chi connectivity index (χ3v) is 1.47. The van der Waals surface area contributed by atoms with Crippen LogP contribution in [0.2, 0.25) is 0 Å². The minimum absolute atomic E-state index is 0.215. The highest BCUT2D eigenvalue weighted by Crippen LogP contribution is 1.94. The molecule has 0 aliphatic carbocycles. The van der Waals surface area contributed by atoms with Crippen molar-refractivity contribution in [2.75, 3.05) is 0 Å². The molecule has 1 heterocycles. The third kappa shape index (κ3) is 1.37. The number of aryl methyl sites for hydroxylation is 2. The van der Waals surface area contributed by atoms with Gasteiger partial charge < -0.3 is 4.57 Å². The lowest BCUT2D eigenvalue weighted by Gasteiger charge is -1.99. The maximum atomic E-state index is 11.1. The third-order valence-electron chi connectivity index (χ3n) is 1.47. The molecule has 1 aromatic rings. The first-order valence-electron chi connectivity index (χ1n) is 3.27. The van der Waals surface area contributed by atoms with E-state index in [4.69, 9.17) is 0 Å². The maximum Gasteiger partial charge on any atom is 0.260 e. The van der Waals surface area contributed by atoms with Gasteiger partial charge in [-0.1, -0.05) is 0 Å². The Morgan fingerprint density at radius 2 is 2.18 bits per heavy atom. The van der Waals surface area contributed by atoms with Crippen molar-refractivity contribution in [1.29, 1.82) is 0 Å². The van der Waals surface area contributed by atoms with Gasteiger partial charge in [-0.3, -0.25) is 9.59 Å². The summed E-state index contributed by atoms with van der Waals surface area (Å²) in [7, 11) is 1.63. The lowest BCUT2D eigenvalue weighted by atomic mass is 10.2. The zero-order chi connectivity index (χ0) is 8.43. The van der Waals surface area contributed by atoms with E-state index >= 15 is 0 Å². The molecule has 0 saturated heterocycles. The quantitative estimate of drug-likeness (QED) is 0.548. The first-order chi connectivity index (χ1) is 5.15. The average molecular weight is 151 g/mol. The lowest BCUT2D eigenvalue weighted by Crippen LogP contribution is -2.20. The predicted molar refractivity (Wildman–Crippen MR) is 41.8 cm³/mol. The van der Waals surface area contributed by atoms with Crippen LogP contribution in [-0.2, 0) is 7.05 Å². The first kappa shape index (κ1) is 7.72. The van der Waals surface area contributed by atoms with Gasteiger partial charge in [-0.15, -0.1) is 0 Å². The summed E-state index contributed by atoms with van der Waals surface area (Å²) in [5.41, 5.74) is 0.882. The molecule has 0 spiro atoms. The van der Waals surface area contributed by atoms with Gasteiger partial charge in [0.15, 0.2) is 6.29 Å². The maximum absolute atomic E-state index is 11.1. The van der Waals surface area contributed by atoms with E-state index in [-0.39, 0.29) is 11.1 Å². The van der Waals surface area contributed by atoms with Crippen molar-refractivity contribution in [1.82, 2.24) is 4.57 Å². The Hall–Kier alpha value is -1.38. The molecule has 0 fully saturated rings. The van der Waals surface area contributed by atoms with Crippen LogP contribution in [-0.4, -0.2) is 10.9 Å². The molecular formula is C8H9NO2. The molecule has 0 amide bonds. The van der Waals surface area contributed by atoms with Crippen LogP contribution in [0.4, 0.5) is 0 Å². The zero-order valence-corrected chi connectivity index (χ0v) is 6.50. The van der Waals surface area contributed by atoms with E-state index in [1.54, 1.807) is 19.3 Å². The molecule has 58 valence electrons. The first-order valence-corrected chi connectivity index (χ1v) is 3.27. The Labute approximate surface area is 64.3 Å². The second-order valence-corrected chi connectivity index (χ2v) is 2.51. The van der Waals surface area contributed by atoms with E-state index in [2.05, 4.69) is 0 Å². The summed E-state index contributed by atoms with van der Waals surface area (Å²) >= 11 is 0. The fourth-order valence-corrected chi connectivity index (χ4v) is 0.996. The van der Waals surface area contributed by atoms with E-state index in [0.717, 1.165) is 5.56 Å². The Kier molecular flexibility index (Phi) is 1.89. The van der Waals surface area contributed by atoms with Gasteiger partial charge in [0.25, 0.3) is 5.56 Å². The fourth-order valence-electron chi connectivity index (χ4n) is 0.996. The van der Waals surface area contributed by atoms with E-state index in [1.165, 1.54) is 4.57 Å². The second-order valence-electron chi connectivity index (χ2n) is 2.51. The number of hydrogen-bond acceptors (Lipinski definition) is 2. The van der Waals surface area contributed by atoms with Crippen molar-refractivity contribution >= 4 is 6.29 Å². The highest BCUT2D eigenvalue weighted by molar-refractivity contribution is 5.74. The lowest BCUT2D eigenvalue weighted by molar-refractivity contribution is 0.112. The van der Waals surface area contributed by atoms with Gasteiger partial charge in [0, 0.05) is 13.2 Å². The number of rotatable bonds is 1. The van der Waals surface area contributed by atoms with E-state index < -0.39 is 0 Å². The highest BCUT2D eigenvalue weighted by Gasteiger charge is 1.99. The fraction of sp³-hybridized carbons (Fsp3) is 0.250. The van der Waals surface area contributed by atoms with Crippen molar-refractivity contribution in [3.8, 4) is 0 Å². The molecule has 0 unspecified atom stereocenters. The number of carbonyl (C=O) groups is 1. The Morgan fingerprint density at radius 1 is 1.55 bits per heavy atom. The normalized spacial score (nSPS) is 9.64. The smallest absolute Gasteiger partial charge is 0.260 e. The van der Waals surface area contributed by atoms with Crippen LogP contribution in [0.15, 0.2) is 17.1 Å². The molecule has 3 nitrogen and oxygen atoms in total. The molecule has 11 heavy (non-hydrogen) atoms. The van der Waals surface area contributed by atoms with E-state index in [1.807, 2.05) is 6.92 Å². The molecule has 0 aliphatic rings. The predicted octanol–water partition coefficient (Wildman–Crippen LogP) is 0.506. The monoisotopic (exact) mass is 151 g/mol. The van der Waals surface area contributed by atoms with Crippen LogP contribution in [0.3, 0.4) is 0 Å². The molecule has 0 atom stereocenters. The van der Waals surface area contributed by atoms with Crippen LogP contribution in [0.25, 0.3) is 0 Å². The number of hydrogen-bond donors (Lipinski definition) is 0. The number of nitrogens with zero attached hydrogens (tertiary/aromatic N) is 1.